The van der Waals surface area contributed by atoms with Crippen LogP contribution in [-0.2, 0) is 0 Å². The summed E-state index contributed by atoms with van der Waals surface area (Å²) >= 11 is 0. The fraction of sp³-hybridized carbons (Fsp3) is 0. The molecule has 10 heteroatoms. The quantitative estimate of drug-likeness (QED) is 0.445. The van der Waals surface area contributed by atoms with Crippen molar-refractivity contribution in [2.75, 3.05) is 5.43 Å². The Balaban J connectivity index is 2.03. The van der Waals surface area contributed by atoms with Crippen LogP contribution in [0.15, 0.2) is 32.6 Å². The SMILES string of the molecule is O=c1cnnc(N/N=C/c2ccc([N+](=O)[O-])o2)[nH]1. The van der Waals surface area contributed by atoms with E-state index in [0.717, 1.165) is 6.20 Å². The van der Waals surface area contributed by atoms with Crippen molar-refractivity contribution < 1.29 is 9.34 Å². The monoisotopic (exact) mass is 250 g/mol. The molecule has 10 nitrogen and oxygen atoms in total. The summed E-state index contributed by atoms with van der Waals surface area (Å²) < 4.78 is 4.81. The molecular weight excluding hydrogens is 244 g/mol. The van der Waals surface area contributed by atoms with E-state index in [1.807, 2.05) is 0 Å². The van der Waals surface area contributed by atoms with Crippen LogP contribution in [0.3, 0.4) is 0 Å². The number of nitrogens with one attached hydrogen (secondary N) is 2. The number of hydrogen-bond acceptors (Lipinski definition) is 8. The Morgan fingerprint density at radius 3 is 3.06 bits per heavy atom. The number of hydrazone groups is 1. The Bertz CT molecular complexity index is 645. The van der Waals surface area contributed by atoms with Gasteiger partial charge >= 0.3 is 5.88 Å². The molecule has 2 rings (SSSR count). The normalized spacial score (nSPS) is 10.7. The average molecular weight is 250 g/mol. The van der Waals surface area contributed by atoms with Gasteiger partial charge in [0.2, 0.25) is 5.95 Å². The van der Waals surface area contributed by atoms with Crippen molar-refractivity contribution in [2.45, 2.75) is 0 Å². The van der Waals surface area contributed by atoms with Crippen LogP contribution in [0.25, 0.3) is 0 Å². The number of rotatable bonds is 4. The van der Waals surface area contributed by atoms with Crippen molar-refractivity contribution in [3.05, 3.63) is 44.6 Å². The lowest BCUT2D eigenvalue weighted by atomic mass is 10.5. The molecular formula is C8H6N6O4. The summed E-state index contributed by atoms with van der Waals surface area (Å²) in [6, 6.07) is 2.58. The first kappa shape index (κ1) is 11.4. The van der Waals surface area contributed by atoms with Gasteiger partial charge in [-0.3, -0.25) is 19.9 Å². The number of nitro groups is 1. The fourth-order valence-corrected chi connectivity index (χ4v) is 1.03. The van der Waals surface area contributed by atoms with E-state index < -0.39 is 10.5 Å². The summed E-state index contributed by atoms with van der Waals surface area (Å²) in [6.07, 6.45) is 2.20. The van der Waals surface area contributed by atoms with Crippen molar-refractivity contribution in [2.24, 2.45) is 5.10 Å². The summed E-state index contributed by atoms with van der Waals surface area (Å²) in [5.41, 5.74) is 1.95. The van der Waals surface area contributed by atoms with Crippen LogP contribution in [0.1, 0.15) is 5.76 Å². The Labute approximate surface area is 98.5 Å². The second kappa shape index (κ2) is 4.86. The van der Waals surface area contributed by atoms with Gasteiger partial charge in [0.25, 0.3) is 5.56 Å². The van der Waals surface area contributed by atoms with E-state index in [9.17, 15) is 14.9 Å². The zero-order valence-corrected chi connectivity index (χ0v) is 8.73. The number of anilines is 1. The Morgan fingerprint density at radius 1 is 1.56 bits per heavy atom. The average Bonchev–Trinajstić information content (AvgIpc) is 2.78. The zero-order chi connectivity index (χ0) is 13.0. The van der Waals surface area contributed by atoms with Gasteiger partial charge in [-0.25, -0.2) is 5.43 Å². The molecule has 0 bridgehead atoms. The second-order valence-electron chi connectivity index (χ2n) is 2.99. The molecule has 92 valence electrons. The first-order valence-corrected chi connectivity index (χ1v) is 4.60. The molecule has 0 spiro atoms. The molecule has 0 saturated heterocycles. The van der Waals surface area contributed by atoms with Gasteiger partial charge in [-0.05, 0) is 6.07 Å². The van der Waals surface area contributed by atoms with Gasteiger partial charge in [0, 0.05) is 0 Å². The first-order valence-electron chi connectivity index (χ1n) is 4.60. The molecule has 0 radical (unpaired) electrons. The summed E-state index contributed by atoms with van der Waals surface area (Å²) in [6.45, 7) is 0. The van der Waals surface area contributed by atoms with Crippen molar-refractivity contribution in [1.82, 2.24) is 15.2 Å². The molecule has 0 amide bonds. The molecule has 18 heavy (non-hydrogen) atoms. The number of furan rings is 1. The third-order valence-corrected chi connectivity index (χ3v) is 1.73. The molecule has 0 saturated carbocycles. The highest BCUT2D eigenvalue weighted by atomic mass is 16.6. The predicted octanol–water partition coefficient (Wildman–Crippen LogP) is 0.112. The van der Waals surface area contributed by atoms with Crippen LogP contribution < -0.4 is 11.0 Å². The maximum atomic E-state index is 10.9. The number of H-pyrrole nitrogens is 1. The van der Waals surface area contributed by atoms with Crippen LogP contribution in [0.5, 0.6) is 0 Å². The maximum absolute atomic E-state index is 10.9. The van der Waals surface area contributed by atoms with Crippen LogP contribution in [0, 0.1) is 10.1 Å². The van der Waals surface area contributed by atoms with Crippen molar-refractivity contribution in [1.29, 1.82) is 0 Å². The van der Waals surface area contributed by atoms with Crippen molar-refractivity contribution in [3.63, 3.8) is 0 Å². The third-order valence-electron chi connectivity index (χ3n) is 1.73. The van der Waals surface area contributed by atoms with E-state index in [1.165, 1.54) is 18.3 Å². The molecule has 2 N–H and O–H groups in total. The van der Waals surface area contributed by atoms with Crippen LogP contribution in [0.2, 0.25) is 0 Å². The minimum absolute atomic E-state index is 0.0415. The molecule has 0 fully saturated rings. The lowest BCUT2D eigenvalue weighted by Gasteiger charge is -1.94. The van der Waals surface area contributed by atoms with Gasteiger partial charge in [-0.1, -0.05) is 0 Å². The maximum Gasteiger partial charge on any atom is 0.433 e. The van der Waals surface area contributed by atoms with E-state index >= 15 is 0 Å². The minimum Gasteiger partial charge on any atom is -0.400 e. The lowest BCUT2D eigenvalue weighted by Crippen LogP contribution is -2.10. The van der Waals surface area contributed by atoms with Gasteiger partial charge in [0.05, 0.1) is 12.3 Å². The minimum atomic E-state index is -0.662. The molecule has 0 aliphatic rings. The van der Waals surface area contributed by atoms with Crippen molar-refractivity contribution >= 4 is 18.0 Å². The molecule has 2 heterocycles. The van der Waals surface area contributed by atoms with E-state index in [0.29, 0.717) is 0 Å². The van der Waals surface area contributed by atoms with Gasteiger partial charge < -0.3 is 4.42 Å². The summed E-state index contributed by atoms with van der Waals surface area (Å²) in [4.78, 5) is 22.9. The molecule has 0 aromatic carbocycles. The van der Waals surface area contributed by atoms with Gasteiger partial charge in [0.15, 0.2) is 5.76 Å². The molecule has 2 aromatic rings. The molecule has 0 aliphatic carbocycles. The highest BCUT2D eigenvalue weighted by Gasteiger charge is 2.10. The van der Waals surface area contributed by atoms with Crippen molar-refractivity contribution in [3.8, 4) is 0 Å². The van der Waals surface area contributed by atoms with E-state index in [2.05, 4.69) is 25.7 Å². The largest absolute Gasteiger partial charge is 0.433 e. The predicted molar refractivity (Wildman–Crippen MR) is 59.2 cm³/mol. The first-order chi connectivity index (χ1) is 8.65. The number of aromatic nitrogens is 3. The van der Waals surface area contributed by atoms with Crippen LogP contribution in [0.4, 0.5) is 11.8 Å². The van der Waals surface area contributed by atoms with Crippen LogP contribution >= 0.6 is 0 Å². The summed E-state index contributed by atoms with van der Waals surface area (Å²) in [5.74, 6) is -0.162. The molecule has 0 atom stereocenters. The highest BCUT2D eigenvalue weighted by molar-refractivity contribution is 5.76. The number of hydrogen-bond donors (Lipinski definition) is 2. The van der Waals surface area contributed by atoms with Crippen LogP contribution in [-0.4, -0.2) is 26.3 Å². The number of aromatic amines is 1. The zero-order valence-electron chi connectivity index (χ0n) is 8.73. The topological polar surface area (TPSA) is 139 Å². The standard InChI is InChI=1S/C8H6N6O4/c15-6-4-10-13-8(11-6)12-9-3-5-1-2-7(18-5)14(16)17/h1-4H,(H2,11,12,13,15)/b9-3+. The smallest absolute Gasteiger partial charge is 0.400 e. The van der Waals surface area contributed by atoms with E-state index in [1.54, 1.807) is 0 Å². The molecule has 0 unspecified atom stereocenters. The highest BCUT2D eigenvalue weighted by Crippen LogP contribution is 2.13. The lowest BCUT2D eigenvalue weighted by molar-refractivity contribution is -0.402. The summed E-state index contributed by atoms with van der Waals surface area (Å²) in [5, 5.41) is 20.9. The van der Waals surface area contributed by atoms with Gasteiger partial charge in [0.1, 0.15) is 11.1 Å². The summed E-state index contributed by atoms with van der Waals surface area (Å²) in [7, 11) is 0. The Morgan fingerprint density at radius 2 is 2.39 bits per heavy atom. The van der Waals surface area contributed by atoms with Gasteiger partial charge in [-0.15, -0.1) is 10.2 Å². The van der Waals surface area contributed by atoms with E-state index in [4.69, 9.17) is 4.42 Å². The second-order valence-corrected chi connectivity index (χ2v) is 2.99. The van der Waals surface area contributed by atoms with Gasteiger partial charge in [-0.2, -0.15) is 5.10 Å². The fourth-order valence-electron chi connectivity index (χ4n) is 1.03. The third kappa shape index (κ3) is 2.75. The molecule has 2 aromatic heterocycles. The molecule has 0 aliphatic heterocycles. The Hall–Kier alpha value is -3.04. The number of nitrogens with zero attached hydrogens (tertiary/aromatic N) is 4. The van der Waals surface area contributed by atoms with E-state index in [-0.39, 0.29) is 17.6 Å². The Kier molecular flexibility index (Phi) is 3.09.